The Morgan fingerprint density at radius 1 is 1.04 bits per heavy atom. The number of aromatic nitrogens is 2. The molecule has 0 saturated carbocycles. The number of anilines is 2. The normalized spacial score (nSPS) is 10.8. The predicted molar refractivity (Wildman–Crippen MR) is 93.2 cm³/mol. The highest BCUT2D eigenvalue weighted by molar-refractivity contribution is 7.92. The molecule has 0 aliphatic heterocycles. The molecule has 2 rings (SSSR count). The van der Waals surface area contributed by atoms with Crippen molar-refractivity contribution in [1.82, 2.24) is 9.97 Å². The summed E-state index contributed by atoms with van der Waals surface area (Å²) in [6.45, 7) is 3.55. The Bertz CT molecular complexity index is 766. The molecule has 7 nitrogen and oxygen atoms in total. The molecule has 0 amide bonds. The lowest BCUT2D eigenvalue weighted by Crippen LogP contribution is -2.15. The number of aryl methyl sites for hydroxylation is 2. The molecule has 0 fully saturated rings. The smallest absolute Gasteiger partial charge is 0.264 e. The van der Waals surface area contributed by atoms with Gasteiger partial charge in [0.1, 0.15) is 0 Å². The molecule has 1 heterocycles. The lowest BCUT2D eigenvalue weighted by atomic mass is 10.3. The molecule has 0 bridgehead atoms. The van der Waals surface area contributed by atoms with Crippen LogP contribution in [0, 0.1) is 13.8 Å². The molecule has 0 aliphatic rings. The van der Waals surface area contributed by atoms with Crippen LogP contribution >= 0.6 is 0 Å². The Balaban J connectivity index is 0.000000593. The number of rotatable bonds is 3. The first kappa shape index (κ1) is 19.0. The van der Waals surface area contributed by atoms with Crippen LogP contribution in [0.3, 0.4) is 0 Å². The molecule has 0 spiro atoms. The lowest BCUT2D eigenvalue weighted by molar-refractivity contribution is 0.601. The van der Waals surface area contributed by atoms with Crippen LogP contribution in [0.2, 0.25) is 0 Å². The molecule has 23 heavy (non-hydrogen) atoms. The van der Waals surface area contributed by atoms with E-state index in [9.17, 15) is 12.6 Å². The highest BCUT2D eigenvalue weighted by Gasteiger charge is 2.15. The molecule has 2 aromatic rings. The van der Waals surface area contributed by atoms with Gasteiger partial charge in [-0.05, 0) is 44.2 Å². The van der Waals surface area contributed by atoms with Gasteiger partial charge in [-0.15, -0.1) is 0 Å². The number of nitrogens with one attached hydrogen (secondary N) is 1. The largest absolute Gasteiger partial charge is 0.399 e. The highest BCUT2D eigenvalue weighted by Crippen LogP contribution is 2.15. The van der Waals surface area contributed by atoms with Crippen molar-refractivity contribution in [2.24, 2.45) is 0 Å². The van der Waals surface area contributed by atoms with E-state index in [1.54, 1.807) is 32.4 Å². The van der Waals surface area contributed by atoms with E-state index in [0.717, 1.165) is 0 Å². The van der Waals surface area contributed by atoms with Gasteiger partial charge in [0.05, 0.1) is 4.90 Å². The minimum Gasteiger partial charge on any atom is -0.399 e. The Labute approximate surface area is 138 Å². The summed E-state index contributed by atoms with van der Waals surface area (Å²) < 4.78 is 36.1. The van der Waals surface area contributed by atoms with Crippen molar-refractivity contribution in [3.8, 4) is 0 Å². The zero-order valence-electron chi connectivity index (χ0n) is 13.4. The Kier molecular flexibility index (Phi) is 6.64. The van der Waals surface area contributed by atoms with Crippen LogP contribution in [0.5, 0.6) is 0 Å². The van der Waals surface area contributed by atoms with Crippen molar-refractivity contribution in [3.63, 3.8) is 0 Å². The van der Waals surface area contributed by atoms with Crippen LogP contribution in [0.1, 0.15) is 11.4 Å². The highest BCUT2D eigenvalue weighted by atomic mass is 32.2. The Morgan fingerprint density at radius 2 is 1.48 bits per heavy atom. The van der Waals surface area contributed by atoms with Gasteiger partial charge in [0, 0.05) is 40.4 Å². The molecular weight excluding hydrogens is 336 g/mol. The average Bonchev–Trinajstić information content (AvgIpc) is 2.36. The molecule has 3 N–H and O–H groups in total. The van der Waals surface area contributed by atoms with E-state index in [1.165, 1.54) is 24.3 Å². The number of benzene rings is 1. The van der Waals surface area contributed by atoms with Gasteiger partial charge >= 0.3 is 0 Å². The van der Waals surface area contributed by atoms with Crippen molar-refractivity contribution in [2.75, 3.05) is 23.0 Å². The molecule has 0 atom stereocenters. The maximum absolute atomic E-state index is 12.1. The third-order valence-corrected chi connectivity index (χ3v) is 3.74. The zero-order valence-corrected chi connectivity index (χ0v) is 15.0. The summed E-state index contributed by atoms with van der Waals surface area (Å²) in [6.07, 6.45) is 3.28. The average molecular weight is 356 g/mol. The fourth-order valence-corrected chi connectivity index (χ4v) is 2.54. The quantitative estimate of drug-likeness (QED) is 0.805. The van der Waals surface area contributed by atoms with E-state index in [0.29, 0.717) is 17.1 Å². The summed E-state index contributed by atoms with van der Waals surface area (Å²) in [5, 5.41) is 0. The third-order valence-electron chi connectivity index (χ3n) is 2.40. The molecule has 9 heteroatoms. The Morgan fingerprint density at radius 3 is 1.91 bits per heavy atom. The van der Waals surface area contributed by atoms with E-state index in [-0.39, 0.29) is 10.8 Å². The third kappa shape index (κ3) is 6.74. The molecule has 1 aromatic heterocycles. The first-order chi connectivity index (χ1) is 10.6. The topological polar surface area (TPSA) is 115 Å². The van der Waals surface area contributed by atoms with Gasteiger partial charge < -0.3 is 5.73 Å². The van der Waals surface area contributed by atoms with E-state index in [2.05, 4.69) is 14.7 Å². The zero-order chi connectivity index (χ0) is 17.6. The maximum Gasteiger partial charge on any atom is 0.264 e. The second-order valence-corrected chi connectivity index (χ2v) is 8.06. The summed E-state index contributed by atoms with van der Waals surface area (Å²) in [7, 11) is -4.31. The second-order valence-electron chi connectivity index (χ2n) is 4.89. The van der Waals surface area contributed by atoms with Crippen molar-refractivity contribution >= 4 is 32.5 Å². The molecule has 0 saturated heterocycles. The van der Waals surface area contributed by atoms with Gasteiger partial charge in [0.25, 0.3) is 10.0 Å². The number of nitrogens with zero attached hydrogens (tertiary/aromatic N) is 2. The number of nitrogens with two attached hydrogens (primary N) is 1. The minimum atomic E-state index is -3.69. The van der Waals surface area contributed by atoms with E-state index in [4.69, 9.17) is 5.73 Å². The van der Waals surface area contributed by atoms with Crippen LogP contribution in [0.4, 0.5) is 11.6 Å². The predicted octanol–water partition coefficient (Wildman–Crippen LogP) is 1.47. The summed E-state index contributed by atoms with van der Waals surface area (Å²) in [6, 6.07) is 7.68. The van der Waals surface area contributed by atoms with Crippen molar-refractivity contribution in [3.05, 3.63) is 41.7 Å². The van der Waals surface area contributed by atoms with Gasteiger partial charge in [0.2, 0.25) is 5.95 Å². The van der Waals surface area contributed by atoms with E-state index < -0.39 is 20.8 Å². The van der Waals surface area contributed by atoms with Gasteiger partial charge in [-0.3, -0.25) is 4.21 Å². The van der Waals surface area contributed by atoms with Gasteiger partial charge in [-0.2, -0.15) is 0 Å². The van der Waals surface area contributed by atoms with Crippen LogP contribution in [0.25, 0.3) is 0 Å². The SMILES string of the molecule is CS(C)=O.Cc1cc(C)nc(NS(=O)(=O)c2ccc(N)cc2)n1. The van der Waals surface area contributed by atoms with Crippen molar-refractivity contribution in [2.45, 2.75) is 18.7 Å². The van der Waals surface area contributed by atoms with Gasteiger partial charge in [-0.25, -0.2) is 23.1 Å². The molecule has 0 aliphatic carbocycles. The number of sulfonamides is 1. The maximum atomic E-state index is 12.1. The number of hydrogen-bond acceptors (Lipinski definition) is 6. The van der Waals surface area contributed by atoms with Crippen molar-refractivity contribution in [1.29, 1.82) is 0 Å². The molecule has 1 aromatic carbocycles. The van der Waals surface area contributed by atoms with E-state index >= 15 is 0 Å². The standard InChI is InChI=1S/C12H14N4O2S.C2H6OS/c1-8-7-9(2)15-12(14-8)16-19(17,18)11-5-3-10(13)4-6-11;1-4(2)3/h3-7H,13H2,1-2H3,(H,14,15,16);1-2H3. The Hall–Kier alpha value is -2.00. The lowest BCUT2D eigenvalue weighted by Gasteiger charge is -2.08. The van der Waals surface area contributed by atoms with E-state index in [1.807, 2.05) is 0 Å². The first-order valence-electron chi connectivity index (χ1n) is 6.56. The second kappa shape index (κ2) is 8.02. The molecule has 126 valence electrons. The molecular formula is C14H20N4O3S2. The van der Waals surface area contributed by atoms with Crippen LogP contribution in [-0.4, -0.2) is 35.1 Å². The van der Waals surface area contributed by atoms with Crippen molar-refractivity contribution < 1.29 is 12.6 Å². The summed E-state index contributed by atoms with van der Waals surface area (Å²) in [4.78, 5) is 8.19. The fraction of sp³-hybridized carbons (Fsp3) is 0.286. The van der Waals surface area contributed by atoms with Crippen LogP contribution in [-0.2, 0) is 20.8 Å². The summed E-state index contributed by atoms with van der Waals surface area (Å²) >= 11 is 0. The molecule has 0 radical (unpaired) electrons. The molecule has 0 unspecified atom stereocenters. The van der Waals surface area contributed by atoms with Gasteiger partial charge in [-0.1, -0.05) is 0 Å². The summed E-state index contributed by atoms with van der Waals surface area (Å²) in [5.41, 5.74) is 7.42. The van der Waals surface area contributed by atoms with Crippen LogP contribution < -0.4 is 10.5 Å². The minimum absolute atomic E-state index is 0.0642. The number of hydrogen-bond donors (Lipinski definition) is 2. The van der Waals surface area contributed by atoms with Crippen LogP contribution in [0.15, 0.2) is 35.2 Å². The fourth-order valence-electron chi connectivity index (χ4n) is 1.60. The monoisotopic (exact) mass is 356 g/mol. The van der Waals surface area contributed by atoms with Gasteiger partial charge in [0.15, 0.2) is 0 Å². The summed E-state index contributed by atoms with van der Waals surface area (Å²) in [5.74, 6) is 0.0642. The first-order valence-corrected chi connectivity index (χ1v) is 10.0. The number of nitrogen functional groups attached to an aromatic ring is 1.